The summed E-state index contributed by atoms with van der Waals surface area (Å²) in [5.41, 5.74) is 10.7. The maximum absolute atomic E-state index is 13.2. The van der Waals surface area contributed by atoms with Gasteiger partial charge in [-0.05, 0) is 52.2 Å². The number of benzene rings is 2. The Morgan fingerprint density at radius 2 is 1.64 bits per heavy atom. The van der Waals surface area contributed by atoms with E-state index in [0.29, 0.717) is 5.56 Å². The number of carbonyl (C=O) groups excluding carboxylic acids is 1. The molecule has 0 atom stereocenters. The highest BCUT2D eigenvalue weighted by molar-refractivity contribution is 9.10. The van der Waals surface area contributed by atoms with Crippen molar-refractivity contribution in [2.75, 3.05) is 6.26 Å². The van der Waals surface area contributed by atoms with Crippen LogP contribution in [-0.2, 0) is 26.1 Å². The molecule has 0 aliphatic rings. The number of halogens is 1. The number of sulfone groups is 2. The van der Waals surface area contributed by atoms with Gasteiger partial charge in [0, 0.05) is 16.3 Å². The van der Waals surface area contributed by atoms with E-state index < -0.39 is 41.3 Å². The van der Waals surface area contributed by atoms with E-state index in [4.69, 9.17) is 11.5 Å². The Morgan fingerprint density at radius 3 is 2.14 bits per heavy atom. The molecule has 0 radical (unpaired) electrons. The minimum Gasteiger partial charge on any atom is -0.370 e. The summed E-state index contributed by atoms with van der Waals surface area (Å²) in [4.78, 5) is 14.7. The van der Waals surface area contributed by atoms with Gasteiger partial charge >= 0.3 is 0 Å². The third kappa shape index (κ3) is 4.42. The largest absolute Gasteiger partial charge is 0.370 e. The lowest BCUT2D eigenvalue weighted by Gasteiger charge is -2.15. The van der Waals surface area contributed by atoms with Crippen LogP contribution in [0.2, 0.25) is 0 Å². The van der Waals surface area contributed by atoms with E-state index in [1.165, 1.54) is 24.3 Å². The second kappa shape index (κ2) is 8.02. The third-order valence-corrected chi connectivity index (χ3v) is 7.90. The molecular formula is C17H18BrN3O5S2. The molecule has 11 heteroatoms. The molecule has 0 saturated carbocycles. The van der Waals surface area contributed by atoms with Crippen molar-refractivity contribution in [1.82, 2.24) is 0 Å². The monoisotopic (exact) mass is 487 g/mol. The summed E-state index contributed by atoms with van der Waals surface area (Å²) in [7, 11) is -8.21. The van der Waals surface area contributed by atoms with Crippen LogP contribution < -0.4 is 11.5 Å². The molecule has 150 valence electrons. The zero-order valence-corrected chi connectivity index (χ0v) is 18.2. The Kier molecular flexibility index (Phi) is 6.31. The number of guanidine groups is 1. The Hall–Kier alpha value is -2.24. The fourth-order valence-corrected chi connectivity index (χ4v) is 6.46. The molecule has 2 aromatic carbocycles. The highest BCUT2D eigenvalue weighted by atomic mass is 79.9. The average molecular weight is 488 g/mol. The number of rotatable bonds is 5. The van der Waals surface area contributed by atoms with E-state index in [1.54, 1.807) is 13.0 Å². The first-order chi connectivity index (χ1) is 12.9. The van der Waals surface area contributed by atoms with E-state index in [9.17, 15) is 21.6 Å². The minimum absolute atomic E-state index is 0.0811. The molecule has 0 bridgehead atoms. The number of hydrogen-bond acceptors (Lipinski definition) is 5. The fraction of sp³-hybridized carbons (Fsp3) is 0.176. The van der Waals surface area contributed by atoms with Gasteiger partial charge in [0.2, 0.25) is 9.84 Å². The normalized spacial score (nSPS) is 11.8. The third-order valence-electron chi connectivity index (χ3n) is 3.83. The maximum atomic E-state index is 13.2. The summed E-state index contributed by atoms with van der Waals surface area (Å²) in [5.74, 6) is -1.34. The first kappa shape index (κ1) is 22.1. The summed E-state index contributed by atoms with van der Waals surface area (Å²) >= 11 is 3.18. The molecule has 4 N–H and O–H groups in total. The van der Waals surface area contributed by atoms with Crippen LogP contribution in [0.15, 0.2) is 60.5 Å². The standard InChI is InChI=1S/C17H18BrN3O5S2/c1-3-10-8-15(28(25,26)13-7-5-4-6-12(13)18)14(27(2,23)24)9-11(10)16(22)21-17(19)20/h4-9H,3H2,1-2H3,(H4,19,20,21,22). The van der Waals surface area contributed by atoms with Crippen LogP contribution in [0.1, 0.15) is 22.8 Å². The van der Waals surface area contributed by atoms with Crippen LogP contribution in [0.5, 0.6) is 0 Å². The van der Waals surface area contributed by atoms with Gasteiger partial charge in [0.05, 0.1) is 14.7 Å². The molecular weight excluding hydrogens is 470 g/mol. The topological polar surface area (TPSA) is 150 Å². The van der Waals surface area contributed by atoms with Gasteiger partial charge in [-0.1, -0.05) is 19.1 Å². The molecule has 1 amide bonds. The minimum atomic E-state index is -4.20. The van der Waals surface area contributed by atoms with Gasteiger partial charge in [-0.15, -0.1) is 0 Å². The Balaban J connectivity index is 2.91. The molecule has 0 aliphatic heterocycles. The predicted molar refractivity (Wildman–Crippen MR) is 109 cm³/mol. The zero-order chi connectivity index (χ0) is 21.3. The molecule has 0 heterocycles. The number of amides is 1. The summed E-state index contributed by atoms with van der Waals surface area (Å²) in [5, 5.41) is 0. The number of nitrogens with two attached hydrogens (primary N) is 2. The second-order valence-electron chi connectivity index (χ2n) is 5.86. The Bertz CT molecular complexity index is 1190. The van der Waals surface area contributed by atoms with E-state index in [-0.39, 0.29) is 21.4 Å². The number of hydrogen-bond donors (Lipinski definition) is 2. The summed E-state index contributed by atoms with van der Waals surface area (Å²) in [6.07, 6.45) is 1.12. The molecule has 2 rings (SSSR count). The van der Waals surface area contributed by atoms with Crippen molar-refractivity contribution in [3.05, 3.63) is 52.0 Å². The zero-order valence-electron chi connectivity index (χ0n) is 15.0. The lowest BCUT2D eigenvalue weighted by atomic mass is 10.0. The van der Waals surface area contributed by atoms with Gasteiger partial charge in [0.1, 0.15) is 0 Å². The molecule has 0 saturated heterocycles. The first-order valence-electron chi connectivity index (χ1n) is 7.90. The molecule has 2 aromatic rings. The van der Waals surface area contributed by atoms with Crippen molar-refractivity contribution in [2.24, 2.45) is 16.5 Å². The molecule has 0 aromatic heterocycles. The van der Waals surface area contributed by atoms with E-state index in [1.807, 2.05) is 0 Å². The van der Waals surface area contributed by atoms with Crippen LogP contribution >= 0.6 is 15.9 Å². The molecule has 0 unspecified atom stereocenters. The SMILES string of the molecule is CCc1cc(S(=O)(=O)c2ccccc2Br)c(S(C)(=O)=O)cc1C(=O)N=C(N)N. The second-order valence-corrected chi connectivity index (χ2v) is 10.6. The highest BCUT2D eigenvalue weighted by Gasteiger charge is 2.30. The van der Waals surface area contributed by atoms with Crippen LogP contribution in [-0.4, -0.2) is 35.0 Å². The Morgan fingerprint density at radius 1 is 1.04 bits per heavy atom. The van der Waals surface area contributed by atoms with Crippen molar-refractivity contribution in [3.8, 4) is 0 Å². The summed E-state index contributed by atoms with van der Waals surface area (Å²) < 4.78 is 51.4. The van der Waals surface area contributed by atoms with E-state index in [0.717, 1.165) is 12.3 Å². The Labute approximate surface area is 171 Å². The van der Waals surface area contributed by atoms with Crippen molar-refractivity contribution in [1.29, 1.82) is 0 Å². The van der Waals surface area contributed by atoms with Crippen LogP contribution in [0.4, 0.5) is 0 Å². The lowest BCUT2D eigenvalue weighted by molar-refractivity contribution is 0.100. The molecule has 0 spiro atoms. The molecule has 0 aliphatic carbocycles. The van der Waals surface area contributed by atoms with Crippen LogP contribution in [0.3, 0.4) is 0 Å². The van der Waals surface area contributed by atoms with Gasteiger partial charge in [-0.25, -0.2) is 16.8 Å². The van der Waals surface area contributed by atoms with Gasteiger partial charge in [0.15, 0.2) is 15.8 Å². The lowest BCUT2D eigenvalue weighted by Crippen LogP contribution is -2.24. The molecule has 28 heavy (non-hydrogen) atoms. The van der Waals surface area contributed by atoms with Gasteiger partial charge in [-0.2, -0.15) is 4.99 Å². The first-order valence-corrected chi connectivity index (χ1v) is 12.1. The molecule has 8 nitrogen and oxygen atoms in total. The van der Waals surface area contributed by atoms with Crippen LogP contribution in [0.25, 0.3) is 0 Å². The number of aryl methyl sites for hydroxylation is 1. The van der Waals surface area contributed by atoms with E-state index in [2.05, 4.69) is 20.9 Å². The quantitative estimate of drug-likeness (QED) is 0.480. The van der Waals surface area contributed by atoms with Gasteiger partial charge in [-0.3, -0.25) is 4.79 Å². The van der Waals surface area contributed by atoms with Gasteiger partial charge in [0.25, 0.3) is 5.91 Å². The predicted octanol–water partition coefficient (Wildman–Crippen LogP) is 1.66. The fourth-order valence-electron chi connectivity index (χ4n) is 2.55. The summed E-state index contributed by atoms with van der Waals surface area (Å²) in [6, 6.07) is 8.23. The number of nitrogens with zero attached hydrogens (tertiary/aromatic N) is 1. The van der Waals surface area contributed by atoms with Crippen molar-refractivity contribution < 1.29 is 21.6 Å². The highest BCUT2D eigenvalue weighted by Crippen LogP contribution is 2.33. The van der Waals surface area contributed by atoms with Crippen molar-refractivity contribution >= 4 is 47.5 Å². The van der Waals surface area contributed by atoms with E-state index >= 15 is 0 Å². The number of aliphatic imine (C=N–C) groups is 1. The van der Waals surface area contributed by atoms with Crippen molar-refractivity contribution in [2.45, 2.75) is 28.0 Å². The van der Waals surface area contributed by atoms with Gasteiger partial charge < -0.3 is 11.5 Å². The molecule has 0 fully saturated rings. The number of carbonyl (C=O) groups is 1. The summed E-state index contributed by atoms with van der Waals surface area (Å²) in [6.45, 7) is 1.69. The smallest absolute Gasteiger partial charge is 0.280 e. The van der Waals surface area contributed by atoms with Crippen molar-refractivity contribution in [3.63, 3.8) is 0 Å². The maximum Gasteiger partial charge on any atom is 0.280 e. The average Bonchev–Trinajstić information content (AvgIpc) is 2.59. The van der Waals surface area contributed by atoms with Crippen LogP contribution in [0, 0.1) is 0 Å².